The predicted molar refractivity (Wildman–Crippen MR) is 399 cm³/mol. The third-order valence-electron chi connectivity index (χ3n) is 12.5. The van der Waals surface area contributed by atoms with Crippen LogP contribution in [0.15, 0.2) is 58.7 Å². The molecule has 0 aromatic heterocycles. The summed E-state index contributed by atoms with van der Waals surface area (Å²) in [6.45, 7) is 55.6. The smallest absolute Gasteiger partial charge is 0.309 e. The molecule has 566 valence electrons. The highest BCUT2D eigenvalue weighted by molar-refractivity contribution is 5.72. The van der Waals surface area contributed by atoms with Crippen LogP contribution >= 0.6 is 0 Å². The summed E-state index contributed by atoms with van der Waals surface area (Å²) in [5.74, 6) is 0.0667. The molecule has 16 nitrogen and oxygen atoms in total. The molecule has 0 aliphatic rings. The molecule has 0 aromatic rings. The van der Waals surface area contributed by atoms with Gasteiger partial charge in [-0.3, -0.25) is 38.4 Å². The van der Waals surface area contributed by atoms with Gasteiger partial charge in [0.1, 0.15) is 13.2 Å². The molecule has 0 aromatic carbocycles. The van der Waals surface area contributed by atoms with E-state index in [-0.39, 0.29) is 65.0 Å². The molecule has 0 amide bonds. The Morgan fingerprint density at radius 1 is 0.406 bits per heavy atom. The monoisotopic (exact) mass is 1370 g/mol. The van der Waals surface area contributed by atoms with Crippen molar-refractivity contribution in [2.75, 3.05) is 53.9 Å². The van der Waals surface area contributed by atoms with Gasteiger partial charge in [-0.15, -0.1) is 0 Å². The van der Waals surface area contributed by atoms with Crippen molar-refractivity contribution >= 4 is 47.8 Å². The molecule has 0 fully saturated rings. The Morgan fingerprint density at radius 3 is 1.16 bits per heavy atom. The minimum atomic E-state index is -0.224. The molecule has 0 unspecified atom stereocenters. The van der Waals surface area contributed by atoms with Gasteiger partial charge in [-0.2, -0.15) is 0 Å². The summed E-state index contributed by atoms with van der Waals surface area (Å²) in [7, 11) is 2.83. The van der Waals surface area contributed by atoms with E-state index in [1.807, 2.05) is 72.8 Å². The van der Waals surface area contributed by atoms with Crippen LogP contribution in [0.5, 0.6) is 0 Å². The highest BCUT2D eigenvalue weighted by Gasteiger charge is 2.12. The molecular formula is C80H150O16. The van der Waals surface area contributed by atoms with Crippen molar-refractivity contribution in [1.29, 1.82) is 0 Å². The zero-order chi connectivity index (χ0) is 75.9. The fourth-order valence-electron chi connectivity index (χ4n) is 6.52. The van der Waals surface area contributed by atoms with E-state index in [4.69, 9.17) is 28.4 Å². The Morgan fingerprint density at radius 2 is 0.802 bits per heavy atom. The number of carbonyl (C=O) groups excluding carboxylic acids is 8. The number of hydrogen-bond donors (Lipinski definition) is 0. The molecule has 16 heteroatoms. The average Bonchev–Trinajstić information content (AvgIpc) is 3.59. The van der Waals surface area contributed by atoms with Crippen LogP contribution in [0.2, 0.25) is 0 Å². The Balaban J connectivity index is -0.000000154. The van der Waals surface area contributed by atoms with Crippen molar-refractivity contribution in [1.82, 2.24) is 0 Å². The van der Waals surface area contributed by atoms with Crippen LogP contribution < -0.4 is 0 Å². The normalized spacial score (nSPS) is 10.8. The third kappa shape index (κ3) is 113. The van der Waals surface area contributed by atoms with Crippen LogP contribution in [-0.2, 0) is 76.3 Å². The van der Waals surface area contributed by atoms with Crippen LogP contribution in [0.1, 0.15) is 321 Å². The summed E-state index contributed by atoms with van der Waals surface area (Å²) in [6, 6.07) is 0. The van der Waals surface area contributed by atoms with Gasteiger partial charge in [0.15, 0.2) is 0 Å². The van der Waals surface area contributed by atoms with Crippen molar-refractivity contribution in [3.63, 3.8) is 0 Å². The second-order valence-corrected chi connectivity index (χ2v) is 27.8. The maximum Gasteiger partial charge on any atom is 0.309 e. The van der Waals surface area contributed by atoms with Gasteiger partial charge >= 0.3 is 47.8 Å². The Kier molecular flexibility index (Phi) is 83.4. The van der Waals surface area contributed by atoms with Gasteiger partial charge in [-0.1, -0.05) is 223 Å². The first-order valence-electron chi connectivity index (χ1n) is 36.0. The molecule has 0 rings (SSSR count). The van der Waals surface area contributed by atoms with E-state index in [1.54, 1.807) is 6.92 Å². The van der Waals surface area contributed by atoms with Crippen LogP contribution in [0, 0.1) is 34.5 Å². The third-order valence-corrected chi connectivity index (χ3v) is 12.5. The highest BCUT2D eigenvalue weighted by Crippen LogP contribution is 2.21. The number of carbonyl (C=O) groups is 8. The van der Waals surface area contributed by atoms with Gasteiger partial charge in [0.05, 0.1) is 58.9 Å². The standard InChI is InChI=1S/C13H22O2.C12H20O2.2C10H20O2.C9H18O2.C9H16O2.C9H18O2.C8H16O2/c1-5-13(14)15-10-9-12(4)8-6-7-11(2)3;1-10(2)6-5-7-11(3)8-9-14-12(4)13;1-8(2)5-6-12-10(11)7-9(3)4;1-4-5-6-7-8-12-10(11)9(2)3;2*1-9(2,3)7-5-6-8(10)11-4;1-4-5-6-7-11-9(10)8(2)3;1-3-5-6-7-10-8(9)4-2/h7,9H,5-6,8,10H2,1-4H3;6,8H,5,7,9H2,1-4H3;8-9H,5-7H2,1-4H3;9H,4-8H2,1-3H3;5-7H2,1-4H3;5,7H,6H2,1-4H3;8H,4-7H2,1-3H3;3-7H2,1-2H3/b12-9+;11-8+;;;;7-5+;;. The van der Waals surface area contributed by atoms with E-state index in [1.165, 1.54) is 75.5 Å². The SMILES string of the molecule is CC(=O)OC/C=C(\C)CCC=C(C)C.CC(C)CCOC(=O)CC(C)C.CCC(=O)OC/C=C(\C)CCC=C(C)C.CCCCCCOC(=O)C(C)C.CCCCCOC(=O)C(C)C.CCCCCOC(=O)CC.COC(=O)C/C=C/C(C)(C)C.COC(=O)CCCC(C)(C)C. The van der Waals surface area contributed by atoms with E-state index in [2.05, 4.69) is 139 Å². The van der Waals surface area contributed by atoms with Crippen LogP contribution in [0.3, 0.4) is 0 Å². The molecule has 0 saturated heterocycles. The van der Waals surface area contributed by atoms with E-state index in [0.717, 1.165) is 77.0 Å². The van der Waals surface area contributed by atoms with E-state index in [9.17, 15) is 38.4 Å². The molecular weight excluding hydrogens is 1220 g/mol. The molecule has 0 aliphatic heterocycles. The lowest BCUT2D eigenvalue weighted by Gasteiger charge is -2.16. The Bertz CT molecular complexity index is 2050. The zero-order valence-corrected chi connectivity index (χ0v) is 67.1. The molecule has 0 bridgehead atoms. The first kappa shape index (κ1) is 106. The second-order valence-electron chi connectivity index (χ2n) is 27.8. The lowest BCUT2D eigenvalue weighted by molar-refractivity contribution is -0.148. The number of rotatable bonds is 37. The zero-order valence-electron chi connectivity index (χ0n) is 67.1. The maximum absolute atomic E-state index is 11.0. The lowest BCUT2D eigenvalue weighted by Crippen LogP contribution is -2.12. The van der Waals surface area contributed by atoms with Gasteiger partial charge in [0.25, 0.3) is 0 Å². The number of unbranched alkanes of at least 4 members (excludes halogenated alkanes) is 7. The van der Waals surface area contributed by atoms with Crippen molar-refractivity contribution in [2.45, 2.75) is 321 Å². The van der Waals surface area contributed by atoms with Gasteiger partial charge in [0, 0.05) is 32.6 Å². The second kappa shape index (κ2) is 75.2. The van der Waals surface area contributed by atoms with Crippen molar-refractivity contribution in [2.24, 2.45) is 34.5 Å². The molecule has 0 spiro atoms. The summed E-state index contributed by atoms with van der Waals surface area (Å²) in [5, 5.41) is 0. The van der Waals surface area contributed by atoms with E-state index >= 15 is 0 Å². The summed E-state index contributed by atoms with van der Waals surface area (Å²) < 4.78 is 38.6. The largest absolute Gasteiger partial charge is 0.469 e. The highest BCUT2D eigenvalue weighted by atomic mass is 16.6. The average molecular weight is 1370 g/mol. The molecule has 0 aliphatic carbocycles. The predicted octanol–water partition coefficient (Wildman–Crippen LogP) is 21.3. The van der Waals surface area contributed by atoms with Gasteiger partial charge < -0.3 is 37.9 Å². The van der Waals surface area contributed by atoms with Crippen LogP contribution in [-0.4, -0.2) is 102 Å². The van der Waals surface area contributed by atoms with E-state index in [0.29, 0.717) is 89.0 Å². The molecule has 0 N–H and O–H groups in total. The van der Waals surface area contributed by atoms with Gasteiger partial charge in [0.2, 0.25) is 0 Å². The molecule has 0 atom stereocenters. The number of esters is 8. The van der Waals surface area contributed by atoms with Gasteiger partial charge in [-0.25, -0.2) is 0 Å². The van der Waals surface area contributed by atoms with Crippen molar-refractivity contribution in [3.8, 4) is 0 Å². The van der Waals surface area contributed by atoms with Gasteiger partial charge in [-0.05, 0) is 141 Å². The fourth-order valence-corrected chi connectivity index (χ4v) is 6.52. The fraction of sp³-hybridized carbons (Fsp3) is 0.775. The number of allylic oxidation sites excluding steroid dienone is 7. The molecule has 96 heavy (non-hydrogen) atoms. The molecule has 0 saturated carbocycles. The number of methoxy groups -OCH3 is 2. The topological polar surface area (TPSA) is 210 Å². The quantitative estimate of drug-likeness (QED) is 0.0245. The summed E-state index contributed by atoms with van der Waals surface area (Å²) in [5.41, 5.74) is 5.71. The first-order valence-corrected chi connectivity index (χ1v) is 36.0. The summed E-state index contributed by atoms with van der Waals surface area (Å²) in [6.07, 6.45) is 33.0. The lowest BCUT2D eigenvalue weighted by atomic mass is 9.90. The summed E-state index contributed by atoms with van der Waals surface area (Å²) in [4.78, 5) is 86.0. The summed E-state index contributed by atoms with van der Waals surface area (Å²) >= 11 is 0. The molecule has 0 heterocycles. The van der Waals surface area contributed by atoms with Crippen LogP contribution in [0.25, 0.3) is 0 Å². The van der Waals surface area contributed by atoms with Crippen LogP contribution in [0.4, 0.5) is 0 Å². The Labute approximate surface area is 589 Å². The van der Waals surface area contributed by atoms with E-state index < -0.39 is 0 Å². The maximum atomic E-state index is 11.0. The van der Waals surface area contributed by atoms with Crippen molar-refractivity contribution in [3.05, 3.63) is 58.7 Å². The minimum Gasteiger partial charge on any atom is -0.469 e. The van der Waals surface area contributed by atoms with Crippen molar-refractivity contribution < 1.29 is 76.3 Å². The first-order chi connectivity index (χ1) is 44.7. The number of ether oxygens (including phenoxy) is 8. The Hall–Kier alpha value is -5.54. The number of hydrogen-bond acceptors (Lipinski definition) is 16. The molecule has 0 radical (unpaired) electrons. The minimum absolute atomic E-state index is 0.0103.